The highest BCUT2D eigenvalue weighted by Crippen LogP contribution is 2.13. The van der Waals surface area contributed by atoms with Gasteiger partial charge in [0.15, 0.2) is 0 Å². The van der Waals surface area contributed by atoms with Crippen molar-refractivity contribution in [3.63, 3.8) is 0 Å². The van der Waals surface area contributed by atoms with Crippen molar-refractivity contribution in [2.75, 3.05) is 6.54 Å². The van der Waals surface area contributed by atoms with Crippen molar-refractivity contribution in [2.45, 2.75) is 31.8 Å². The van der Waals surface area contributed by atoms with Crippen LogP contribution in [0, 0.1) is 0 Å². The number of hydrogen-bond acceptors (Lipinski definition) is 3. The maximum atomic E-state index is 11.7. The van der Waals surface area contributed by atoms with E-state index in [0.717, 1.165) is 25.1 Å². The molecule has 1 amide bonds. The molecule has 1 aliphatic rings. The molecule has 4 heteroatoms. The van der Waals surface area contributed by atoms with E-state index in [1.807, 2.05) is 19.1 Å². The smallest absolute Gasteiger partial charge is 0.237 e. The summed E-state index contributed by atoms with van der Waals surface area (Å²) in [6.45, 7) is 2.86. The third-order valence-corrected chi connectivity index (χ3v) is 2.71. The van der Waals surface area contributed by atoms with Gasteiger partial charge in [0, 0.05) is 0 Å². The van der Waals surface area contributed by atoms with Gasteiger partial charge in [0.1, 0.15) is 5.76 Å². The van der Waals surface area contributed by atoms with Crippen molar-refractivity contribution in [3.05, 3.63) is 24.2 Å². The molecule has 0 aliphatic carbocycles. The first kappa shape index (κ1) is 10.2. The van der Waals surface area contributed by atoms with E-state index in [2.05, 4.69) is 10.6 Å². The Balaban J connectivity index is 1.88. The molecule has 2 rings (SSSR count). The monoisotopic (exact) mass is 208 g/mol. The Bertz CT molecular complexity index is 315. The summed E-state index contributed by atoms with van der Waals surface area (Å²) in [6, 6.07) is 3.61. The van der Waals surface area contributed by atoms with Gasteiger partial charge in [-0.05, 0) is 38.4 Å². The first-order chi connectivity index (χ1) is 7.27. The molecule has 1 aliphatic heterocycles. The average molecular weight is 208 g/mol. The van der Waals surface area contributed by atoms with Crippen molar-refractivity contribution in [1.82, 2.24) is 10.6 Å². The fourth-order valence-corrected chi connectivity index (χ4v) is 1.83. The molecule has 2 atom stereocenters. The quantitative estimate of drug-likeness (QED) is 0.785. The average Bonchev–Trinajstić information content (AvgIpc) is 2.91. The number of amides is 1. The van der Waals surface area contributed by atoms with Crippen LogP contribution in [0.2, 0.25) is 0 Å². The molecule has 4 nitrogen and oxygen atoms in total. The molecular formula is C11H16N2O2. The van der Waals surface area contributed by atoms with Gasteiger partial charge in [-0.2, -0.15) is 0 Å². The standard InChI is InChI=1S/C11H16N2O2/c1-8(10-5-3-7-15-10)13-11(14)9-4-2-6-12-9/h3,5,7-9,12H,2,4,6H2,1H3,(H,13,14)/t8-,9?/m1/s1. The summed E-state index contributed by atoms with van der Waals surface area (Å²) in [4.78, 5) is 11.7. The van der Waals surface area contributed by atoms with E-state index in [9.17, 15) is 4.79 Å². The summed E-state index contributed by atoms with van der Waals surface area (Å²) in [5, 5.41) is 6.09. The van der Waals surface area contributed by atoms with Gasteiger partial charge in [-0.1, -0.05) is 0 Å². The normalized spacial score (nSPS) is 22.6. The van der Waals surface area contributed by atoms with Crippen molar-refractivity contribution in [1.29, 1.82) is 0 Å². The van der Waals surface area contributed by atoms with Gasteiger partial charge in [0.05, 0.1) is 18.3 Å². The minimum absolute atomic E-state index is 0.0255. The van der Waals surface area contributed by atoms with Crippen LogP contribution in [0.5, 0.6) is 0 Å². The summed E-state index contributed by atoms with van der Waals surface area (Å²) in [5.74, 6) is 0.859. The molecule has 2 heterocycles. The molecule has 1 fully saturated rings. The van der Waals surface area contributed by atoms with E-state index in [0.29, 0.717) is 0 Å². The van der Waals surface area contributed by atoms with E-state index >= 15 is 0 Å². The lowest BCUT2D eigenvalue weighted by molar-refractivity contribution is -0.123. The van der Waals surface area contributed by atoms with E-state index in [-0.39, 0.29) is 18.0 Å². The molecular weight excluding hydrogens is 192 g/mol. The highest BCUT2D eigenvalue weighted by atomic mass is 16.3. The third kappa shape index (κ3) is 2.39. The molecule has 1 aromatic rings. The largest absolute Gasteiger partial charge is 0.467 e. The van der Waals surface area contributed by atoms with Crippen LogP contribution in [0.1, 0.15) is 31.6 Å². The third-order valence-electron chi connectivity index (χ3n) is 2.71. The Morgan fingerprint density at radius 2 is 2.60 bits per heavy atom. The van der Waals surface area contributed by atoms with Gasteiger partial charge in [0.2, 0.25) is 5.91 Å². The molecule has 0 spiro atoms. The number of carbonyl (C=O) groups is 1. The van der Waals surface area contributed by atoms with Crippen LogP contribution >= 0.6 is 0 Å². The minimum Gasteiger partial charge on any atom is -0.467 e. The Morgan fingerprint density at radius 1 is 1.73 bits per heavy atom. The fourth-order valence-electron chi connectivity index (χ4n) is 1.83. The Kier molecular flexibility index (Phi) is 3.06. The SMILES string of the molecule is C[C@@H](NC(=O)C1CCCN1)c1ccco1. The van der Waals surface area contributed by atoms with Crippen molar-refractivity contribution in [3.8, 4) is 0 Å². The molecule has 1 saturated heterocycles. The summed E-state index contributed by atoms with van der Waals surface area (Å²) in [6.07, 6.45) is 3.62. The predicted molar refractivity (Wildman–Crippen MR) is 56.3 cm³/mol. The zero-order chi connectivity index (χ0) is 10.7. The fraction of sp³-hybridized carbons (Fsp3) is 0.545. The maximum absolute atomic E-state index is 11.7. The lowest BCUT2D eigenvalue weighted by Crippen LogP contribution is -2.41. The van der Waals surface area contributed by atoms with E-state index in [1.165, 1.54) is 0 Å². The van der Waals surface area contributed by atoms with Crippen LogP contribution in [0.15, 0.2) is 22.8 Å². The summed E-state index contributed by atoms with van der Waals surface area (Å²) in [7, 11) is 0. The van der Waals surface area contributed by atoms with Crippen LogP contribution in [0.4, 0.5) is 0 Å². The molecule has 15 heavy (non-hydrogen) atoms. The number of hydrogen-bond donors (Lipinski definition) is 2. The lowest BCUT2D eigenvalue weighted by Gasteiger charge is -2.15. The molecule has 0 radical (unpaired) electrons. The van der Waals surface area contributed by atoms with E-state index < -0.39 is 0 Å². The van der Waals surface area contributed by atoms with Crippen LogP contribution in [0.25, 0.3) is 0 Å². The molecule has 1 aromatic heterocycles. The van der Waals surface area contributed by atoms with Gasteiger partial charge >= 0.3 is 0 Å². The van der Waals surface area contributed by atoms with Crippen molar-refractivity contribution in [2.24, 2.45) is 0 Å². The summed E-state index contributed by atoms with van der Waals surface area (Å²) >= 11 is 0. The predicted octanol–water partition coefficient (Wildman–Crippen LogP) is 1.21. The van der Waals surface area contributed by atoms with Crippen LogP contribution in [0.3, 0.4) is 0 Å². The molecule has 0 aromatic carbocycles. The highest BCUT2D eigenvalue weighted by molar-refractivity contribution is 5.82. The van der Waals surface area contributed by atoms with E-state index in [4.69, 9.17) is 4.42 Å². The molecule has 1 unspecified atom stereocenters. The van der Waals surface area contributed by atoms with Crippen molar-refractivity contribution < 1.29 is 9.21 Å². The zero-order valence-corrected chi connectivity index (χ0v) is 8.82. The Labute approximate surface area is 89.0 Å². The van der Waals surface area contributed by atoms with Crippen LogP contribution in [-0.2, 0) is 4.79 Å². The van der Waals surface area contributed by atoms with Gasteiger partial charge < -0.3 is 15.1 Å². The van der Waals surface area contributed by atoms with Crippen molar-refractivity contribution >= 4 is 5.91 Å². The molecule has 82 valence electrons. The minimum atomic E-state index is -0.0603. The van der Waals surface area contributed by atoms with Gasteiger partial charge in [-0.25, -0.2) is 0 Å². The number of carbonyl (C=O) groups excluding carboxylic acids is 1. The topological polar surface area (TPSA) is 54.3 Å². The van der Waals surface area contributed by atoms with E-state index in [1.54, 1.807) is 6.26 Å². The Hall–Kier alpha value is -1.29. The van der Waals surface area contributed by atoms with Crippen LogP contribution < -0.4 is 10.6 Å². The maximum Gasteiger partial charge on any atom is 0.237 e. The highest BCUT2D eigenvalue weighted by Gasteiger charge is 2.23. The second-order valence-corrected chi connectivity index (χ2v) is 3.89. The summed E-state index contributed by atoms with van der Waals surface area (Å²) < 4.78 is 5.22. The number of nitrogens with one attached hydrogen (secondary N) is 2. The zero-order valence-electron chi connectivity index (χ0n) is 8.82. The second-order valence-electron chi connectivity index (χ2n) is 3.89. The van der Waals surface area contributed by atoms with Crippen LogP contribution in [-0.4, -0.2) is 18.5 Å². The van der Waals surface area contributed by atoms with Gasteiger partial charge in [-0.15, -0.1) is 0 Å². The number of rotatable bonds is 3. The van der Waals surface area contributed by atoms with Gasteiger partial charge in [-0.3, -0.25) is 4.79 Å². The molecule has 0 saturated carbocycles. The molecule has 2 N–H and O–H groups in total. The summed E-state index contributed by atoms with van der Waals surface area (Å²) in [5.41, 5.74) is 0. The first-order valence-electron chi connectivity index (χ1n) is 5.34. The first-order valence-corrected chi connectivity index (χ1v) is 5.34. The second kappa shape index (κ2) is 4.49. The van der Waals surface area contributed by atoms with Gasteiger partial charge in [0.25, 0.3) is 0 Å². The number of furan rings is 1. The Morgan fingerprint density at radius 3 is 3.20 bits per heavy atom. The molecule has 0 bridgehead atoms. The lowest BCUT2D eigenvalue weighted by atomic mass is 10.2.